The molecule has 0 aliphatic rings. The molecule has 1 aromatic carbocycles. The van der Waals surface area contributed by atoms with Crippen LogP contribution in [0.15, 0.2) is 24.4 Å². The van der Waals surface area contributed by atoms with Gasteiger partial charge in [-0.3, -0.25) is 4.79 Å². The Morgan fingerprint density at radius 2 is 2.18 bits per heavy atom. The SMILES string of the molecule is CC(=O)NC(C)C#Cc1cnc(Oc2ccc(C)cc2C)s1. The number of aromatic nitrogens is 1. The Bertz CT molecular complexity index is 741. The van der Waals surface area contributed by atoms with Crippen molar-refractivity contribution in [2.45, 2.75) is 33.7 Å². The number of rotatable bonds is 3. The molecular weight excluding hydrogens is 296 g/mol. The number of hydrogen-bond donors (Lipinski definition) is 1. The zero-order valence-corrected chi connectivity index (χ0v) is 13.9. The van der Waals surface area contributed by atoms with Gasteiger partial charge in [0.2, 0.25) is 5.91 Å². The Labute approximate surface area is 134 Å². The van der Waals surface area contributed by atoms with Gasteiger partial charge in [0.05, 0.1) is 12.2 Å². The summed E-state index contributed by atoms with van der Waals surface area (Å²) in [6.07, 6.45) is 1.68. The van der Waals surface area contributed by atoms with E-state index in [1.165, 1.54) is 23.8 Å². The molecule has 22 heavy (non-hydrogen) atoms. The van der Waals surface area contributed by atoms with Gasteiger partial charge >= 0.3 is 0 Å². The minimum atomic E-state index is -0.191. The molecule has 1 heterocycles. The lowest BCUT2D eigenvalue weighted by Gasteiger charge is -2.05. The van der Waals surface area contributed by atoms with Gasteiger partial charge in [-0.25, -0.2) is 4.98 Å². The van der Waals surface area contributed by atoms with Crippen molar-refractivity contribution in [1.29, 1.82) is 0 Å². The highest BCUT2D eigenvalue weighted by molar-refractivity contribution is 7.13. The lowest BCUT2D eigenvalue weighted by atomic mass is 10.1. The molecule has 0 aliphatic carbocycles. The Morgan fingerprint density at radius 1 is 1.41 bits per heavy atom. The van der Waals surface area contributed by atoms with E-state index >= 15 is 0 Å². The number of ether oxygens (including phenoxy) is 1. The molecule has 114 valence electrons. The van der Waals surface area contributed by atoms with Gasteiger partial charge in [-0.05, 0) is 32.4 Å². The molecular formula is C17H18N2O2S. The zero-order valence-electron chi connectivity index (χ0n) is 13.1. The van der Waals surface area contributed by atoms with E-state index in [-0.39, 0.29) is 11.9 Å². The Morgan fingerprint density at radius 3 is 2.86 bits per heavy atom. The molecule has 0 radical (unpaired) electrons. The normalized spacial score (nSPS) is 11.3. The number of thiazole rings is 1. The highest BCUT2D eigenvalue weighted by atomic mass is 32.1. The number of hydrogen-bond acceptors (Lipinski definition) is 4. The Balaban J connectivity index is 2.05. The minimum Gasteiger partial charge on any atom is -0.431 e. The van der Waals surface area contributed by atoms with Crippen LogP contribution in [0.3, 0.4) is 0 Å². The molecule has 2 aromatic rings. The molecule has 0 fully saturated rings. The molecule has 1 atom stereocenters. The first-order valence-electron chi connectivity index (χ1n) is 6.93. The molecule has 1 amide bonds. The first-order valence-corrected chi connectivity index (χ1v) is 7.75. The number of carbonyl (C=O) groups excluding carboxylic acids is 1. The van der Waals surface area contributed by atoms with Crippen LogP contribution in [-0.2, 0) is 4.79 Å². The molecule has 0 saturated carbocycles. The van der Waals surface area contributed by atoms with E-state index in [1.807, 2.05) is 32.9 Å². The fourth-order valence-electron chi connectivity index (χ4n) is 1.89. The number of carbonyl (C=O) groups is 1. The highest BCUT2D eigenvalue weighted by Gasteiger charge is 2.06. The van der Waals surface area contributed by atoms with Crippen molar-refractivity contribution >= 4 is 17.2 Å². The third-order valence-electron chi connectivity index (χ3n) is 2.84. The summed E-state index contributed by atoms with van der Waals surface area (Å²) in [7, 11) is 0. The van der Waals surface area contributed by atoms with Crippen LogP contribution in [-0.4, -0.2) is 16.9 Å². The van der Waals surface area contributed by atoms with Crippen LogP contribution in [0.2, 0.25) is 0 Å². The molecule has 0 bridgehead atoms. The lowest BCUT2D eigenvalue weighted by molar-refractivity contribution is -0.119. The summed E-state index contributed by atoms with van der Waals surface area (Å²) in [4.78, 5) is 15.9. The number of nitrogens with zero attached hydrogens (tertiary/aromatic N) is 1. The summed E-state index contributed by atoms with van der Waals surface area (Å²) in [5.41, 5.74) is 2.27. The van der Waals surface area contributed by atoms with E-state index in [4.69, 9.17) is 4.74 Å². The second-order valence-electron chi connectivity index (χ2n) is 5.05. The molecule has 5 heteroatoms. The predicted octanol–water partition coefficient (Wildman–Crippen LogP) is 3.43. The van der Waals surface area contributed by atoms with Crippen LogP contribution < -0.4 is 10.1 Å². The van der Waals surface area contributed by atoms with Crippen LogP contribution >= 0.6 is 11.3 Å². The predicted molar refractivity (Wildman–Crippen MR) is 88.3 cm³/mol. The Kier molecular flexibility index (Phi) is 5.18. The summed E-state index contributed by atoms with van der Waals surface area (Å²) in [6.45, 7) is 7.36. The van der Waals surface area contributed by atoms with E-state index in [9.17, 15) is 4.79 Å². The second-order valence-corrected chi connectivity index (χ2v) is 6.05. The topological polar surface area (TPSA) is 51.2 Å². The number of benzene rings is 1. The monoisotopic (exact) mass is 314 g/mol. The van der Waals surface area contributed by atoms with E-state index in [2.05, 4.69) is 28.2 Å². The van der Waals surface area contributed by atoms with Crippen molar-refractivity contribution in [2.75, 3.05) is 0 Å². The van der Waals surface area contributed by atoms with Crippen molar-refractivity contribution < 1.29 is 9.53 Å². The first kappa shape index (κ1) is 16.1. The fourth-order valence-corrected chi connectivity index (χ4v) is 2.53. The molecule has 4 nitrogen and oxygen atoms in total. The maximum atomic E-state index is 10.9. The average molecular weight is 314 g/mol. The van der Waals surface area contributed by atoms with Crippen LogP contribution in [0.1, 0.15) is 29.9 Å². The van der Waals surface area contributed by atoms with Crippen molar-refractivity contribution in [2.24, 2.45) is 0 Å². The summed E-state index contributed by atoms with van der Waals surface area (Å²) in [5, 5.41) is 3.27. The second kappa shape index (κ2) is 7.10. The molecule has 1 unspecified atom stereocenters. The molecule has 1 N–H and O–H groups in total. The third kappa shape index (κ3) is 4.61. The van der Waals surface area contributed by atoms with Gasteiger partial charge in [-0.2, -0.15) is 0 Å². The molecule has 2 rings (SSSR count). The van der Waals surface area contributed by atoms with Gasteiger partial charge in [0, 0.05) is 6.92 Å². The third-order valence-corrected chi connectivity index (χ3v) is 3.63. The van der Waals surface area contributed by atoms with Crippen molar-refractivity contribution in [3.8, 4) is 22.8 Å². The van der Waals surface area contributed by atoms with Gasteiger partial charge in [-0.1, -0.05) is 40.9 Å². The van der Waals surface area contributed by atoms with E-state index in [0.717, 1.165) is 16.2 Å². The van der Waals surface area contributed by atoms with Gasteiger partial charge in [0.1, 0.15) is 10.6 Å². The van der Waals surface area contributed by atoms with Crippen LogP contribution in [0, 0.1) is 25.7 Å². The van der Waals surface area contributed by atoms with Crippen LogP contribution in [0.25, 0.3) is 0 Å². The zero-order chi connectivity index (χ0) is 16.1. The van der Waals surface area contributed by atoms with E-state index < -0.39 is 0 Å². The summed E-state index contributed by atoms with van der Waals surface area (Å²) in [6, 6.07) is 5.82. The van der Waals surface area contributed by atoms with Crippen molar-refractivity contribution in [3.63, 3.8) is 0 Å². The average Bonchev–Trinajstić information content (AvgIpc) is 2.87. The van der Waals surface area contributed by atoms with Crippen molar-refractivity contribution in [1.82, 2.24) is 10.3 Å². The summed E-state index contributed by atoms with van der Waals surface area (Å²) >= 11 is 1.38. The molecule has 1 aromatic heterocycles. The quantitative estimate of drug-likeness (QED) is 0.883. The number of aryl methyl sites for hydroxylation is 2. The maximum Gasteiger partial charge on any atom is 0.279 e. The lowest BCUT2D eigenvalue weighted by Crippen LogP contribution is -2.28. The standard InChI is InChI=1S/C17H18N2O2S/c1-11-5-8-16(12(2)9-11)21-17-18-10-15(22-17)7-6-13(3)19-14(4)20/h5,8-10,13H,1-4H3,(H,19,20). The van der Waals surface area contributed by atoms with Crippen LogP contribution in [0.4, 0.5) is 0 Å². The molecule has 0 saturated heterocycles. The Hall–Kier alpha value is -2.32. The van der Waals surface area contributed by atoms with Crippen molar-refractivity contribution in [3.05, 3.63) is 40.4 Å². The van der Waals surface area contributed by atoms with Gasteiger partial charge in [0.15, 0.2) is 0 Å². The van der Waals surface area contributed by atoms with Gasteiger partial charge in [-0.15, -0.1) is 0 Å². The largest absolute Gasteiger partial charge is 0.431 e. The van der Waals surface area contributed by atoms with Gasteiger partial charge < -0.3 is 10.1 Å². The van der Waals surface area contributed by atoms with E-state index in [1.54, 1.807) is 6.20 Å². The summed E-state index contributed by atoms with van der Waals surface area (Å²) < 4.78 is 5.79. The number of amides is 1. The van der Waals surface area contributed by atoms with Gasteiger partial charge in [0.25, 0.3) is 5.19 Å². The summed E-state index contributed by atoms with van der Waals surface area (Å²) in [5.74, 6) is 6.65. The fraction of sp³-hybridized carbons (Fsp3) is 0.294. The smallest absolute Gasteiger partial charge is 0.279 e. The minimum absolute atomic E-state index is 0.0926. The number of nitrogens with one attached hydrogen (secondary N) is 1. The highest BCUT2D eigenvalue weighted by Crippen LogP contribution is 2.28. The first-order chi connectivity index (χ1) is 10.4. The maximum absolute atomic E-state index is 10.9. The molecule has 0 spiro atoms. The molecule has 0 aliphatic heterocycles. The van der Waals surface area contributed by atoms with Crippen LogP contribution in [0.5, 0.6) is 10.9 Å². The van der Waals surface area contributed by atoms with E-state index in [0.29, 0.717) is 5.19 Å².